The zero-order valence-electron chi connectivity index (χ0n) is 12.5. The molecule has 2 aliphatic rings. The molecule has 2 N–H and O–H groups in total. The van der Waals surface area contributed by atoms with E-state index in [0.717, 1.165) is 12.5 Å². The molecule has 4 nitrogen and oxygen atoms in total. The highest BCUT2D eigenvalue weighted by Gasteiger charge is 2.27. The van der Waals surface area contributed by atoms with Crippen molar-refractivity contribution in [3.63, 3.8) is 0 Å². The molecule has 0 aromatic heterocycles. The molecule has 2 fully saturated rings. The van der Waals surface area contributed by atoms with Crippen molar-refractivity contribution in [2.75, 3.05) is 33.2 Å². The van der Waals surface area contributed by atoms with Gasteiger partial charge in [-0.3, -0.25) is 4.99 Å². The van der Waals surface area contributed by atoms with E-state index in [9.17, 15) is 0 Å². The van der Waals surface area contributed by atoms with E-state index in [1.54, 1.807) is 0 Å². The van der Waals surface area contributed by atoms with Crippen LogP contribution in [0.1, 0.15) is 51.4 Å². The van der Waals surface area contributed by atoms with Gasteiger partial charge in [-0.15, -0.1) is 0 Å². The van der Waals surface area contributed by atoms with Crippen molar-refractivity contribution in [1.82, 2.24) is 9.80 Å². The zero-order valence-corrected chi connectivity index (χ0v) is 12.5. The molecule has 110 valence electrons. The number of guanidine groups is 1. The summed E-state index contributed by atoms with van der Waals surface area (Å²) in [6.45, 7) is 4.80. The molecule has 1 aliphatic heterocycles. The Labute approximate surface area is 118 Å². The maximum absolute atomic E-state index is 5.96. The molecule has 0 spiro atoms. The van der Waals surface area contributed by atoms with Gasteiger partial charge in [-0.2, -0.15) is 0 Å². The highest BCUT2D eigenvalue weighted by molar-refractivity contribution is 5.78. The summed E-state index contributed by atoms with van der Waals surface area (Å²) in [5, 5.41) is 0. The van der Waals surface area contributed by atoms with Gasteiger partial charge in [0.05, 0.1) is 0 Å². The van der Waals surface area contributed by atoms with Crippen molar-refractivity contribution in [2.24, 2.45) is 10.7 Å². The first-order valence-electron chi connectivity index (χ1n) is 8.02. The lowest BCUT2D eigenvalue weighted by atomic mass is 10.1. The molecule has 0 aromatic rings. The summed E-state index contributed by atoms with van der Waals surface area (Å²) in [5.41, 5.74) is 5.96. The van der Waals surface area contributed by atoms with E-state index >= 15 is 0 Å². The van der Waals surface area contributed by atoms with E-state index in [0.29, 0.717) is 6.04 Å². The fourth-order valence-corrected chi connectivity index (χ4v) is 2.76. The molecule has 0 amide bonds. The van der Waals surface area contributed by atoms with Crippen LogP contribution in [0.15, 0.2) is 4.99 Å². The van der Waals surface area contributed by atoms with Crippen molar-refractivity contribution >= 4 is 5.96 Å². The average Bonchev–Trinajstić information content (AvgIpc) is 3.27. The summed E-state index contributed by atoms with van der Waals surface area (Å²) in [6, 6.07) is 0.669. The summed E-state index contributed by atoms with van der Waals surface area (Å²) < 4.78 is 0. The van der Waals surface area contributed by atoms with Gasteiger partial charge in [0, 0.05) is 19.6 Å². The van der Waals surface area contributed by atoms with Gasteiger partial charge in [-0.25, -0.2) is 0 Å². The molecule has 19 heavy (non-hydrogen) atoms. The molecule has 4 heteroatoms. The first-order valence-corrected chi connectivity index (χ1v) is 8.02. The molecule has 1 saturated carbocycles. The molecular weight excluding hydrogens is 236 g/mol. The fraction of sp³-hybridized carbons (Fsp3) is 0.933. The lowest BCUT2D eigenvalue weighted by molar-refractivity contribution is 0.224. The number of aliphatic imine (C=N–C) groups is 1. The maximum Gasteiger partial charge on any atom is 0.191 e. The monoisotopic (exact) mass is 266 g/mol. The Morgan fingerprint density at radius 2 is 1.89 bits per heavy atom. The second-order valence-electron chi connectivity index (χ2n) is 6.04. The highest BCUT2D eigenvalue weighted by Crippen LogP contribution is 2.24. The molecule has 2 rings (SSSR count). The smallest absolute Gasteiger partial charge is 0.191 e. The Kier molecular flexibility index (Phi) is 5.95. The minimum absolute atomic E-state index is 0.669. The van der Waals surface area contributed by atoms with Gasteiger partial charge in [-0.05, 0) is 58.2 Å². The predicted molar refractivity (Wildman–Crippen MR) is 81.4 cm³/mol. The van der Waals surface area contributed by atoms with Crippen LogP contribution < -0.4 is 5.73 Å². The van der Waals surface area contributed by atoms with Crippen LogP contribution in [0.25, 0.3) is 0 Å². The largest absolute Gasteiger partial charge is 0.370 e. The normalized spacial score (nSPS) is 21.6. The molecular formula is C15H30N4. The van der Waals surface area contributed by atoms with Crippen molar-refractivity contribution in [1.29, 1.82) is 0 Å². The Bertz CT molecular complexity index is 280. The summed E-state index contributed by atoms with van der Waals surface area (Å²) in [4.78, 5) is 9.22. The highest BCUT2D eigenvalue weighted by atomic mass is 15.3. The maximum atomic E-state index is 5.96. The van der Waals surface area contributed by atoms with Gasteiger partial charge < -0.3 is 15.5 Å². The number of unbranched alkanes of at least 4 members (excludes halogenated alkanes) is 2. The minimum atomic E-state index is 0.669. The first-order chi connectivity index (χ1) is 9.27. The lowest BCUT2D eigenvalue weighted by Gasteiger charge is -2.26. The van der Waals surface area contributed by atoms with Gasteiger partial charge in [0.15, 0.2) is 5.96 Å². The number of nitrogens with zero attached hydrogens (tertiary/aromatic N) is 3. The topological polar surface area (TPSA) is 44.9 Å². The van der Waals surface area contributed by atoms with Crippen LogP contribution in [-0.4, -0.2) is 55.0 Å². The summed E-state index contributed by atoms with van der Waals surface area (Å²) in [5.74, 6) is 0.735. The second kappa shape index (κ2) is 7.73. The lowest BCUT2D eigenvalue weighted by Crippen LogP contribution is -2.35. The summed E-state index contributed by atoms with van der Waals surface area (Å²) in [6.07, 6.45) is 10.5. The summed E-state index contributed by atoms with van der Waals surface area (Å²) >= 11 is 0. The van der Waals surface area contributed by atoms with E-state index in [-0.39, 0.29) is 0 Å². The number of rotatable bonds is 7. The standard InChI is InChI=1S/C15H30N4/c1-18(14-8-9-14)15(16)17-10-4-2-5-11-19-12-6-3-7-13-19/h14H,2-13H2,1H3,(H2,16,17). The predicted octanol–water partition coefficient (Wildman–Crippen LogP) is 2.05. The molecule has 0 atom stereocenters. The number of piperidine rings is 1. The van der Waals surface area contributed by atoms with Crippen molar-refractivity contribution in [3.05, 3.63) is 0 Å². The van der Waals surface area contributed by atoms with Crippen LogP contribution in [0.3, 0.4) is 0 Å². The third kappa shape index (κ3) is 5.39. The van der Waals surface area contributed by atoms with Gasteiger partial charge in [0.1, 0.15) is 0 Å². The Hall–Kier alpha value is -0.770. The van der Waals surface area contributed by atoms with Crippen LogP contribution in [0.2, 0.25) is 0 Å². The van der Waals surface area contributed by atoms with Crippen LogP contribution in [0.4, 0.5) is 0 Å². The van der Waals surface area contributed by atoms with Crippen LogP contribution >= 0.6 is 0 Å². The molecule has 1 saturated heterocycles. The fourth-order valence-electron chi connectivity index (χ4n) is 2.76. The van der Waals surface area contributed by atoms with Crippen molar-refractivity contribution in [3.8, 4) is 0 Å². The first kappa shape index (κ1) is 14.6. The van der Waals surface area contributed by atoms with E-state index in [4.69, 9.17) is 5.73 Å². The second-order valence-corrected chi connectivity index (χ2v) is 6.04. The third-order valence-electron chi connectivity index (χ3n) is 4.31. The zero-order chi connectivity index (χ0) is 13.5. The van der Waals surface area contributed by atoms with Gasteiger partial charge in [0.2, 0.25) is 0 Å². The average molecular weight is 266 g/mol. The van der Waals surface area contributed by atoms with Crippen LogP contribution in [0, 0.1) is 0 Å². The molecule has 0 bridgehead atoms. The van der Waals surface area contributed by atoms with E-state index in [2.05, 4.69) is 21.8 Å². The van der Waals surface area contributed by atoms with Crippen LogP contribution in [0.5, 0.6) is 0 Å². The third-order valence-corrected chi connectivity index (χ3v) is 4.31. The number of hydrogen-bond acceptors (Lipinski definition) is 2. The van der Waals surface area contributed by atoms with Gasteiger partial charge in [-0.1, -0.05) is 12.8 Å². The van der Waals surface area contributed by atoms with Crippen molar-refractivity contribution < 1.29 is 0 Å². The van der Waals surface area contributed by atoms with E-state index < -0.39 is 0 Å². The van der Waals surface area contributed by atoms with Crippen molar-refractivity contribution in [2.45, 2.75) is 57.4 Å². The summed E-state index contributed by atoms with van der Waals surface area (Å²) in [7, 11) is 2.06. The Balaban J connectivity index is 1.48. The van der Waals surface area contributed by atoms with E-state index in [1.165, 1.54) is 71.0 Å². The minimum Gasteiger partial charge on any atom is -0.370 e. The SMILES string of the molecule is CN(C(N)=NCCCCCN1CCCCC1)C1CC1. The Morgan fingerprint density at radius 1 is 1.16 bits per heavy atom. The molecule has 1 heterocycles. The van der Waals surface area contributed by atoms with Crippen LogP contribution in [-0.2, 0) is 0 Å². The van der Waals surface area contributed by atoms with Gasteiger partial charge >= 0.3 is 0 Å². The number of nitrogens with two attached hydrogens (primary N) is 1. The number of likely N-dealkylation sites (tertiary alicyclic amines) is 1. The molecule has 0 radical (unpaired) electrons. The molecule has 1 aliphatic carbocycles. The molecule has 0 unspecified atom stereocenters. The molecule has 0 aromatic carbocycles. The quantitative estimate of drug-likeness (QED) is 0.436. The van der Waals surface area contributed by atoms with Gasteiger partial charge in [0.25, 0.3) is 0 Å². The Morgan fingerprint density at radius 3 is 2.58 bits per heavy atom. The number of hydrogen-bond donors (Lipinski definition) is 1. The van der Waals surface area contributed by atoms with E-state index in [1.807, 2.05) is 0 Å².